The molecule has 0 radical (unpaired) electrons. The maximum Gasteiger partial charge on any atom is 0.121 e. The third kappa shape index (κ3) is 6.29. The fourth-order valence-corrected chi connectivity index (χ4v) is 2.12. The van der Waals surface area contributed by atoms with Gasteiger partial charge in [-0.05, 0) is 44.9 Å². The normalized spacial score (nSPS) is 10.8. The van der Waals surface area contributed by atoms with Gasteiger partial charge in [-0.25, -0.2) is 0 Å². The van der Waals surface area contributed by atoms with Crippen LogP contribution in [0.25, 0.3) is 0 Å². The van der Waals surface area contributed by atoms with Crippen molar-refractivity contribution < 1.29 is 4.74 Å². The molecule has 1 rings (SSSR count). The summed E-state index contributed by atoms with van der Waals surface area (Å²) in [6.07, 6.45) is 1.22. The average Bonchev–Trinajstić information content (AvgIpc) is 2.44. The Balaban J connectivity index is 2.32. The van der Waals surface area contributed by atoms with Gasteiger partial charge in [0, 0.05) is 31.4 Å². The molecule has 0 atom stereocenters. The van der Waals surface area contributed by atoms with Crippen LogP contribution in [0, 0.1) is 5.92 Å². The van der Waals surface area contributed by atoms with Crippen LogP contribution in [0.2, 0.25) is 0 Å². The summed E-state index contributed by atoms with van der Waals surface area (Å²) in [5, 5.41) is 3.41. The SMILES string of the molecule is CCN(CC)c1cccc(OCCNCCC(C)C)c1. The molecule has 0 saturated heterocycles. The van der Waals surface area contributed by atoms with Crippen LogP contribution < -0.4 is 15.0 Å². The van der Waals surface area contributed by atoms with Gasteiger partial charge in [0.05, 0.1) is 0 Å². The lowest BCUT2D eigenvalue weighted by Crippen LogP contribution is -2.23. The third-order valence-electron chi connectivity index (χ3n) is 3.39. The molecular formula is C17H30N2O. The first-order chi connectivity index (χ1) is 9.67. The van der Waals surface area contributed by atoms with Crippen LogP contribution in [0.5, 0.6) is 5.75 Å². The molecule has 0 aromatic heterocycles. The van der Waals surface area contributed by atoms with E-state index >= 15 is 0 Å². The van der Waals surface area contributed by atoms with Crippen molar-refractivity contribution >= 4 is 5.69 Å². The summed E-state index contributed by atoms with van der Waals surface area (Å²) in [7, 11) is 0. The highest BCUT2D eigenvalue weighted by atomic mass is 16.5. The molecule has 1 N–H and O–H groups in total. The lowest BCUT2D eigenvalue weighted by atomic mass is 10.1. The Morgan fingerprint density at radius 1 is 1.15 bits per heavy atom. The summed E-state index contributed by atoms with van der Waals surface area (Å²) in [5.74, 6) is 1.72. The van der Waals surface area contributed by atoms with Gasteiger partial charge < -0.3 is 15.0 Å². The maximum atomic E-state index is 5.80. The standard InChI is InChI=1S/C17H30N2O/c1-5-19(6-2)16-8-7-9-17(14-16)20-13-12-18-11-10-15(3)4/h7-9,14-15,18H,5-6,10-13H2,1-4H3. The Hall–Kier alpha value is -1.22. The monoisotopic (exact) mass is 278 g/mol. The number of ether oxygens (including phenoxy) is 1. The minimum absolute atomic E-state index is 0.722. The third-order valence-corrected chi connectivity index (χ3v) is 3.39. The number of nitrogens with one attached hydrogen (secondary N) is 1. The summed E-state index contributed by atoms with van der Waals surface area (Å²) in [4.78, 5) is 2.33. The van der Waals surface area contributed by atoms with E-state index in [1.807, 2.05) is 6.07 Å². The van der Waals surface area contributed by atoms with E-state index in [1.165, 1.54) is 12.1 Å². The molecule has 0 aliphatic rings. The van der Waals surface area contributed by atoms with Crippen molar-refractivity contribution in [3.8, 4) is 5.75 Å². The largest absolute Gasteiger partial charge is 0.492 e. The first-order valence-electron chi connectivity index (χ1n) is 7.85. The Morgan fingerprint density at radius 3 is 2.55 bits per heavy atom. The van der Waals surface area contributed by atoms with E-state index in [4.69, 9.17) is 4.74 Å². The lowest BCUT2D eigenvalue weighted by Gasteiger charge is -2.21. The topological polar surface area (TPSA) is 24.5 Å². The Kier molecular flexibility index (Phi) is 8.12. The van der Waals surface area contributed by atoms with Crippen LogP contribution in [-0.2, 0) is 0 Å². The molecular weight excluding hydrogens is 248 g/mol. The van der Waals surface area contributed by atoms with Crippen LogP contribution in [-0.4, -0.2) is 32.8 Å². The second kappa shape index (κ2) is 9.65. The Bertz CT molecular complexity index is 362. The Labute approximate surface area is 124 Å². The van der Waals surface area contributed by atoms with Crippen molar-refractivity contribution in [2.24, 2.45) is 5.92 Å². The fourth-order valence-electron chi connectivity index (χ4n) is 2.12. The van der Waals surface area contributed by atoms with Crippen LogP contribution >= 0.6 is 0 Å². The summed E-state index contributed by atoms with van der Waals surface area (Å²) < 4.78 is 5.80. The van der Waals surface area contributed by atoms with Gasteiger partial charge in [-0.15, -0.1) is 0 Å². The lowest BCUT2D eigenvalue weighted by molar-refractivity contribution is 0.312. The van der Waals surface area contributed by atoms with Crippen LogP contribution in [0.1, 0.15) is 34.1 Å². The van der Waals surface area contributed by atoms with Crippen molar-refractivity contribution in [1.82, 2.24) is 5.32 Å². The number of anilines is 1. The van der Waals surface area contributed by atoms with Gasteiger partial charge in [-0.1, -0.05) is 19.9 Å². The van der Waals surface area contributed by atoms with Gasteiger partial charge in [0.25, 0.3) is 0 Å². The zero-order valence-corrected chi connectivity index (χ0v) is 13.5. The molecule has 1 aromatic carbocycles. The van der Waals surface area contributed by atoms with Crippen molar-refractivity contribution in [2.75, 3.05) is 37.7 Å². The molecule has 114 valence electrons. The molecule has 20 heavy (non-hydrogen) atoms. The second-order valence-electron chi connectivity index (χ2n) is 5.45. The average molecular weight is 278 g/mol. The first-order valence-corrected chi connectivity index (χ1v) is 7.85. The van der Waals surface area contributed by atoms with Crippen LogP contribution in [0.3, 0.4) is 0 Å². The van der Waals surface area contributed by atoms with Gasteiger partial charge in [0.15, 0.2) is 0 Å². The smallest absolute Gasteiger partial charge is 0.121 e. The van der Waals surface area contributed by atoms with Gasteiger partial charge in [0.2, 0.25) is 0 Å². The van der Waals surface area contributed by atoms with Crippen molar-refractivity contribution in [3.05, 3.63) is 24.3 Å². The molecule has 1 aromatic rings. The molecule has 3 nitrogen and oxygen atoms in total. The molecule has 0 aliphatic heterocycles. The zero-order chi connectivity index (χ0) is 14.8. The number of hydrogen-bond acceptors (Lipinski definition) is 3. The van der Waals surface area contributed by atoms with Gasteiger partial charge in [-0.2, -0.15) is 0 Å². The molecule has 0 bridgehead atoms. The Morgan fingerprint density at radius 2 is 1.90 bits per heavy atom. The number of hydrogen-bond donors (Lipinski definition) is 1. The quantitative estimate of drug-likeness (QED) is 0.662. The molecule has 0 spiro atoms. The minimum atomic E-state index is 0.722. The van der Waals surface area contributed by atoms with Crippen LogP contribution in [0.15, 0.2) is 24.3 Å². The van der Waals surface area contributed by atoms with Crippen LogP contribution in [0.4, 0.5) is 5.69 Å². The van der Waals surface area contributed by atoms with E-state index in [9.17, 15) is 0 Å². The minimum Gasteiger partial charge on any atom is -0.492 e. The van der Waals surface area contributed by atoms with E-state index in [0.717, 1.165) is 44.5 Å². The molecule has 3 heteroatoms. The van der Waals surface area contributed by atoms with Gasteiger partial charge in [0.1, 0.15) is 12.4 Å². The summed E-state index contributed by atoms with van der Waals surface area (Å²) in [6.45, 7) is 13.6. The summed E-state index contributed by atoms with van der Waals surface area (Å²) >= 11 is 0. The summed E-state index contributed by atoms with van der Waals surface area (Å²) in [6, 6.07) is 8.36. The molecule has 0 unspecified atom stereocenters. The highest BCUT2D eigenvalue weighted by Gasteiger charge is 2.03. The van der Waals surface area contributed by atoms with Crippen molar-refractivity contribution in [3.63, 3.8) is 0 Å². The number of benzene rings is 1. The molecule has 0 heterocycles. The highest BCUT2D eigenvalue weighted by Crippen LogP contribution is 2.20. The number of nitrogens with zero attached hydrogens (tertiary/aromatic N) is 1. The molecule has 0 amide bonds. The zero-order valence-electron chi connectivity index (χ0n) is 13.5. The number of rotatable bonds is 10. The van der Waals surface area contributed by atoms with Gasteiger partial charge >= 0.3 is 0 Å². The first kappa shape index (κ1) is 16.8. The van der Waals surface area contributed by atoms with E-state index in [-0.39, 0.29) is 0 Å². The van der Waals surface area contributed by atoms with Gasteiger partial charge in [-0.3, -0.25) is 0 Å². The second-order valence-corrected chi connectivity index (χ2v) is 5.45. The van der Waals surface area contributed by atoms with E-state index < -0.39 is 0 Å². The molecule has 0 fully saturated rings. The highest BCUT2D eigenvalue weighted by molar-refractivity contribution is 5.50. The predicted molar refractivity (Wildman–Crippen MR) is 87.8 cm³/mol. The molecule has 0 saturated carbocycles. The van der Waals surface area contributed by atoms with Crippen molar-refractivity contribution in [1.29, 1.82) is 0 Å². The summed E-state index contributed by atoms with van der Waals surface area (Å²) in [5.41, 5.74) is 1.24. The molecule has 0 aliphatic carbocycles. The fraction of sp³-hybridized carbons (Fsp3) is 0.647. The van der Waals surface area contributed by atoms with E-state index in [2.05, 4.69) is 56.1 Å². The van der Waals surface area contributed by atoms with Crippen molar-refractivity contribution in [2.45, 2.75) is 34.1 Å². The van der Waals surface area contributed by atoms with E-state index in [1.54, 1.807) is 0 Å². The maximum absolute atomic E-state index is 5.80. The van der Waals surface area contributed by atoms with E-state index in [0.29, 0.717) is 0 Å². The predicted octanol–water partition coefficient (Wildman–Crippen LogP) is 3.55.